The number of rotatable bonds is 4. The summed E-state index contributed by atoms with van der Waals surface area (Å²) in [5.41, 5.74) is 0.390. The Hall–Kier alpha value is -2.44. The van der Waals surface area contributed by atoms with Crippen molar-refractivity contribution in [3.05, 3.63) is 63.8 Å². The lowest BCUT2D eigenvalue weighted by atomic mass is 9.95. The first kappa shape index (κ1) is 18.4. The molecule has 0 bridgehead atoms. The van der Waals surface area contributed by atoms with Gasteiger partial charge in [-0.25, -0.2) is 13.6 Å². The third-order valence-electron chi connectivity index (χ3n) is 3.90. The van der Waals surface area contributed by atoms with E-state index in [2.05, 4.69) is 5.10 Å². The van der Waals surface area contributed by atoms with Crippen LogP contribution in [-0.2, 0) is 7.05 Å². The number of carboxylic acid groups (broad SMARTS) is 1. The number of carbonyl (C=O) groups is 1. The number of aryl methyl sites for hydroxylation is 1. The molecule has 8 heteroatoms. The van der Waals surface area contributed by atoms with E-state index in [0.29, 0.717) is 26.7 Å². The van der Waals surface area contributed by atoms with Crippen LogP contribution >= 0.6 is 23.2 Å². The number of carboxylic acids is 1. The molecular weight excluding hydrogens is 385 g/mol. The largest absolute Gasteiger partial charge is 0.478 e. The number of halogens is 4. The summed E-state index contributed by atoms with van der Waals surface area (Å²) in [6, 6.07) is 11.7. The summed E-state index contributed by atoms with van der Waals surface area (Å²) in [7, 11) is 1.42. The third kappa shape index (κ3) is 3.18. The SMILES string of the molecule is Cn1nc(C(F)F)c(C(=O)O)c1-c1ccccc1-c1ccc(Cl)cc1Cl. The summed E-state index contributed by atoms with van der Waals surface area (Å²) < 4.78 is 27.7. The molecule has 1 N–H and O–H groups in total. The van der Waals surface area contributed by atoms with E-state index in [9.17, 15) is 18.7 Å². The summed E-state index contributed by atoms with van der Waals surface area (Å²) in [4.78, 5) is 11.7. The zero-order valence-electron chi connectivity index (χ0n) is 13.4. The van der Waals surface area contributed by atoms with Gasteiger partial charge in [-0.1, -0.05) is 53.5 Å². The lowest BCUT2D eigenvalue weighted by molar-refractivity contribution is 0.0685. The first-order valence-electron chi connectivity index (χ1n) is 7.44. The predicted molar refractivity (Wildman–Crippen MR) is 96.0 cm³/mol. The number of nitrogens with zero attached hydrogens (tertiary/aromatic N) is 2. The third-order valence-corrected chi connectivity index (χ3v) is 4.45. The Labute approximate surface area is 157 Å². The van der Waals surface area contributed by atoms with Crippen molar-refractivity contribution in [1.29, 1.82) is 0 Å². The Balaban J connectivity index is 2.32. The standard InChI is InChI=1S/C18H12Cl2F2N2O2/c1-24-16(14(18(25)26)15(23-24)17(21)22)12-5-3-2-4-10(12)11-7-6-9(19)8-13(11)20/h2-8,17H,1H3,(H,25,26). The van der Waals surface area contributed by atoms with E-state index in [1.807, 2.05) is 0 Å². The zero-order chi connectivity index (χ0) is 19.0. The molecule has 1 aromatic heterocycles. The molecule has 3 aromatic rings. The van der Waals surface area contributed by atoms with Crippen LogP contribution in [0.3, 0.4) is 0 Å². The summed E-state index contributed by atoms with van der Waals surface area (Å²) in [6.45, 7) is 0. The number of hydrogen-bond donors (Lipinski definition) is 1. The van der Waals surface area contributed by atoms with Gasteiger partial charge in [-0.05, 0) is 17.7 Å². The van der Waals surface area contributed by atoms with Gasteiger partial charge in [-0.3, -0.25) is 4.68 Å². The molecule has 0 saturated carbocycles. The highest BCUT2D eigenvalue weighted by Crippen LogP contribution is 2.39. The van der Waals surface area contributed by atoms with Gasteiger partial charge < -0.3 is 5.11 Å². The monoisotopic (exact) mass is 396 g/mol. The minimum atomic E-state index is -3.01. The molecule has 0 atom stereocenters. The number of aromatic nitrogens is 2. The number of aromatic carboxylic acids is 1. The molecule has 0 amide bonds. The zero-order valence-corrected chi connectivity index (χ0v) is 14.9. The van der Waals surface area contributed by atoms with Gasteiger partial charge in [0, 0.05) is 28.2 Å². The maximum atomic E-state index is 13.3. The maximum absolute atomic E-state index is 13.3. The van der Waals surface area contributed by atoms with Crippen LogP contribution in [0.15, 0.2) is 42.5 Å². The van der Waals surface area contributed by atoms with Gasteiger partial charge in [0.2, 0.25) is 0 Å². The molecule has 1 heterocycles. The molecule has 0 spiro atoms. The van der Waals surface area contributed by atoms with Crippen molar-refractivity contribution < 1.29 is 18.7 Å². The molecule has 3 rings (SSSR count). The van der Waals surface area contributed by atoms with Crippen molar-refractivity contribution in [3.63, 3.8) is 0 Å². The van der Waals surface area contributed by atoms with E-state index in [0.717, 1.165) is 4.68 Å². The number of alkyl halides is 2. The molecule has 0 aliphatic carbocycles. The Kier molecular flexibility index (Phi) is 4.98. The fourth-order valence-corrected chi connectivity index (χ4v) is 3.36. The van der Waals surface area contributed by atoms with Crippen LogP contribution in [0.1, 0.15) is 22.5 Å². The van der Waals surface area contributed by atoms with Crippen LogP contribution in [0.5, 0.6) is 0 Å². The van der Waals surface area contributed by atoms with Crippen LogP contribution < -0.4 is 0 Å². The average Bonchev–Trinajstić information content (AvgIpc) is 2.93. The second kappa shape index (κ2) is 7.05. The molecule has 2 aromatic carbocycles. The van der Waals surface area contributed by atoms with Crippen molar-refractivity contribution in [1.82, 2.24) is 9.78 Å². The molecule has 0 aliphatic rings. The second-order valence-corrected chi connectivity index (χ2v) is 6.35. The first-order valence-corrected chi connectivity index (χ1v) is 8.20. The van der Waals surface area contributed by atoms with Crippen LogP contribution in [-0.4, -0.2) is 20.9 Å². The highest BCUT2D eigenvalue weighted by molar-refractivity contribution is 6.36. The summed E-state index contributed by atoms with van der Waals surface area (Å²) >= 11 is 12.2. The molecule has 0 aliphatic heterocycles. The molecule has 4 nitrogen and oxygen atoms in total. The number of benzene rings is 2. The Morgan fingerprint density at radius 1 is 1.12 bits per heavy atom. The van der Waals surface area contributed by atoms with E-state index in [-0.39, 0.29) is 5.69 Å². The minimum absolute atomic E-state index is 0.0782. The quantitative estimate of drug-likeness (QED) is 0.615. The molecule has 134 valence electrons. The lowest BCUT2D eigenvalue weighted by Gasteiger charge is -2.13. The van der Waals surface area contributed by atoms with Crippen LogP contribution in [0.2, 0.25) is 10.0 Å². The normalized spacial score (nSPS) is 11.2. The van der Waals surface area contributed by atoms with Gasteiger partial charge in [0.05, 0.1) is 5.69 Å². The van der Waals surface area contributed by atoms with Gasteiger partial charge in [-0.2, -0.15) is 5.10 Å². The Morgan fingerprint density at radius 2 is 1.77 bits per heavy atom. The fraction of sp³-hybridized carbons (Fsp3) is 0.111. The molecule has 0 fully saturated rings. The highest BCUT2D eigenvalue weighted by Gasteiger charge is 2.29. The Morgan fingerprint density at radius 3 is 2.35 bits per heavy atom. The topological polar surface area (TPSA) is 55.1 Å². The van der Waals surface area contributed by atoms with Crippen molar-refractivity contribution in [3.8, 4) is 22.4 Å². The fourth-order valence-electron chi connectivity index (χ4n) is 2.85. The molecular formula is C18H12Cl2F2N2O2. The van der Waals surface area contributed by atoms with Gasteiger partial charge in [0.25, 0.3) is 6.43 Å². The van der Waals surface area contributed by atoms with Gasteiger partial charge in [-0.15, -0.1) is 0 Å². The lowest BCUT2D eigenvalue weighted by Crippen LogP contribution is -2.03. The van der Waals surface area contributed by atoms with Crippen molar-refractivity contribution in [2.45, 2.75) is 6.43 Å². The maximum Gasteiger partial charge on any atom is 0.340 e. The Bertz CT molecular complexity index is 1000. The van der Waals surface area contributed by atoms with Crippen LogP contribution in [0, 0.1) is 0 Å². The van der Waals surface area contributed by atoms with Gasteiger partial charge >= 0.3 is 5.97 Å². The van der Waals surface area contributed by atoms with Crippen molar-refractivity contribution in [2.75, 3.05) is 0 Å². The first-order chi connectivity index (χ1) is 12.3. The molecule has 0 radical (unpaired) electrons. The number of hydrogen-bond acceptors (Lipinski definition) is 2. The predicted octanol–water partition coefficient (Wildman–Crippen LogP) is 5.70. The average molecular weight is 397 g/mol. The minimum Gasteiger partial charge on any atom is -0.478 e. The van der Waals surface area contributed by atoms with Crippen LogP contribution in [0.4, 0.5) is 8.78 Å². The van der Waals surface area contributed by atoms with Crippen molar-refractivity contribution >= 4 is 29.2 Å². The van der Waals surface area contributed by atoms with Crippen molar-refractivity contribution in [2.24, 2.45) is 7.05 Å². The van der Waals surface area contributed by atoms with E-state index < -0.39 is 23.7 Å². The molecule has 0 unspecified atom stereocenters. The van der Waals surface area contributed by atoms with E-state index in [1.54, 1.807) is 42.5 Å². The second-order valence-electron chi connectivity index (χ2n) is 5.51. The van der Waals surface area contributed by atoms with Gasteiger partial charge in [0.15, 0.2) is 0 Å². The van der Waals surface area contributed by atoms with E-state index in [4.69, 9.17) is 23.2 Å². The summed E-state index contributed by atoms with van der Waals surface area (Å²) in [6.07, 6.45) is -3.01. The smallest absolute Gasteiger partial charge is 0.340 e. The summed E-state index contributed by atoms with van der Waals surface area (Å²) in [5, 5.41) is 14.0. The molecule has 0 saturated heterocycles. The van der Waals surface area contributed by atoms with Crippen LogP contribution in [0.25, 0.3) is 22.4 Å². The van der Waals surface area contributed by atoms with E-state index in [1.165, 1.54) is 7.05 Å². The van der Waals surface area contributed by atoms with Gasteiger partial charge in [0.1, 0.15) is 11.3 Å². The van der Waals surface area contributed by atoms with E-state index >= 15 is 0 Å². The summed E-state index contributed by atoms with van der Waals surface area (Å²) in [5.74, 6) is -1.47. The highest BCUT2D eigenvalue weighted by atomic mass is 35.5. The molecule has 26 heavy (non-hydrogen) atoms.